The predicted octanol–water partition coefficient (Wildman–Crippen LogP) is 2.20. The standard InChI is InChI=1S/C22H22N6O5S3/c1-12-25-26-21(36-12)35-11-22(20(32)33)9-27-18(31)17(19(27)34-10-22)28(13(2)29)15-6-4-3-5-14(15)24-16(30)7-8-23/h3-6,17,19H,7,9-11H2,1-2H3,(H,24,30)(H,32,33)/t17?,19-,22?/m1/s1. The van der Waals surface area contributed by atoms with Crippen LogP contribution >= 0.6 is 34.9 Å². The van der Waals surface area contributed by atoms with E-state index in [1.165, 1.54) is 51.6 Å². The lowest BCUT2D eigenvalue weighted by Crippen LogP contribution is -2.74. The van der Waals surface area contributed by atoms with Crippen LogP contribution in [0.4, 0.5) is 11.4 Å². The Hall–Kier alpha value is -3.15. The zero-order valence-electron chi connectivity index (χ0n) is 19.3. The molecule has 1 aromatic heterocycles. The maximum absolute atomic E-state index is 13.3. The van der Waals surface area contributed by atoms with Crippen molar-refractivity contribution in [2.24, 2.45) is 5.41 Å². The number of carbonyl (C=O) groups is 4. The Bertz CT molecular complexity index is 1260. The summed E-state index contributed by atoms with van der Waals surface area (Å²) >= 11 is 4.02. The third-order valence-corrected chi connectivity index (χ3v) is 9.68. The number of nitrogens with one attached hydrogen (secondary N) is 1. The highest BCUT2D eigenvalue weighted by atomic mass is 32.2. The maximum Gasteiger partial charge on any atom is 0.313 e. The minimum atomic E-state index is -1.17. The number of aliphatic carboxylic acids is 1. The summed E-state index contributed by atoms with van der Waals surface area (Å²) in [5.41, 5.74) is -0.521. The molecule has 11 nitrogen and oxygen atoms in total. The van der Waals surface area contributed by atoms with Crippen LogP contribution in [-0.2, 0) is 19.2 Å². The fourth-order valence-electron chi connectivity index (χ4n) is 4.10. The molecule has 2 aromatic rings. The molecular formula is C22H22N6O5S3. The fourth-order valence-corrected chi connectivity index (χ4v) is 7.82. The Balaban J connectivity index is 1.54. The lowest BCUT2D eigenvalue weighted by molar-refractivity contribution is -0.156. The van der Waals surface area contributed by atoms with Crippen LogP contribution in [0.15, 0.2) is 28.6 Å². The molecule has 3 heterocycles. The molecule has 4 rings (SSSR count). The number of nitriles is 1. The molecule has 2 fully saturated rings. The molecule has 2 unspecified atom stereocenters. The van der Waals surface area contributed by atoms with Crippen LogP contribution in [0, 0.1) is 23.7 Å². The van der Waals surface area contributed by atoms with Gasteiger partial charge < -0.3 is 15.3 Å². The van der Waals surface area contributed by atoms with Crippen LogP contribution < -0.4 is 10.2 Å². The molecule has 3 atom stereocenters. The molecule has 2 aliphatic heterocycles. The Morgan fingerprint density at radius 3 is 2.75 bits per heavy atom. The van der Waals surface area contributed by atoms with Crippen LogP contribution in [0.25, 0.3) is 0 Å². The third-order valence-electron chi connectivity index (χ3n) is 5.84. The smallest absolute Gasteiger partial charge is 0.313 e. The minimum Gasteiger partial charge on any atom is -0.481 e. The summed E-state index contributed by atoms with van der Waals surface area (Å²) in [7, 11) is 0. The van der Waals surface area contributed by atoms with Crippen LogP contribution in [0.5, 0.6) is 0 Å². The average molecular weight is 547 g/mol. The maximum atomic E-state index is 13.3. The number of aromatic nitrogens is 2. The van der Waals surface area contributed by atoms with Crippen molar-refractivity contribution in [1.82, 2.24) is 15.1 Å². The number of fused-ring (bicyclic) bond motifs is 1. The van der Waals surface area contributed by atoms with Crippen molar-refractivity contribution in [2.75, 3.05) is 28.3 Å². The largest absolute Gasteiger partial charge is 0.481 e. The molecule has 2 aliphatic rings. The Labute approximate surface area is 219 Å². The number of para-hydroxylation sites is 2. The predicted molar refractivity (Wildman–Crippen MR) is 136 cm³/mol. The lowest BCUT2D eigenvalue weighted by Gasteiger charge is -2.56. The van der Waals surface area contributed by atoms with Gasteiger partial charge in [0.2, 0.25) is 17.7 Å². The zero-order chi connectivity index (χ0) is 26.0. The molecule has 0 saturated carbocycles. The van der Waals surface area contributed by atoms with Crippen molar-refractivity contribution in [2.45, 2.75) is 36.0 Å². The van der Waals surface area contributed by atoms with Gasteiger partial charge in [-0.3, -0.25) is 24.1 Å². The first-order chi connectivity index (χ1) is 17.2. The fraction of sp³-hybridized carbons (Fsp3) is 0.409. The first-order valence-electron chi connectivity index (χ1n) is 10.8. The third kappa shape index (κ3) is 4.91. The molecule has 2 N–H and O–H groups in total. The number of nitrogens with zero attached hydrogens (tertiary/aromatic N) is 5. The normalized spacial score (nSPS) is 22.7. The van der Waals surface area contributed by atoms with E-state index in [0.717, 1.165) is 5.01 Å². The summed E-state index contributed by atoms with van der Waals surface area (Å²) in [6, 6.07) is 7.50. The molecule has 188 valence electrons. The van der Waals surface area contributed by atoms with E-state index >= 15 is 0 Å². The van der Waals surface area contributed by atoms with E-state index < -0.39 is 34.6 Å². The second kappa shape index (κ2) is 10.5. The number of carboxylic acids is 1. The Kier molecular flexibility index (Phi) is 7.53. The number of rotatable bonds is 8. The van der Waals surface area contributed by atoms with E-state index in [4.69, 9.17) is 5.26 Å². The van der Waals surface area contributed by atoms with Gasteiger partial charge in [0.15, 0.2) is 4.34 Å². The van der Waals surface area contributed by atoms with Crippen molar-refractivity contribution in [3.63, 3.8) is 0 Å². The van der Waals surface area contributed by atoms with Gasteiger partial charge in [-0.2, -0.15) is 5.26 Å². The number of β-lactam (4-membered cyclic amide) rings is 1. The average Bonchev–Trinajstić information content (AvgIpc) is 3.26. The molecule has 0 aliphatic carbocycles. The van der Waals surface area contributed by atoms with E-state index in [1.807, 2.05) is 6.92 Å². The van der Waals surface area contributed by atoms with E-state index in [9.17, 15) is 24.3 Å². The number of benzene rings is 1. The summed E-state index contributed by atoms with van der Waals surface area (Å²) in [6.07, 6.45) is -0.352. The Morgan fingerprint density at radius 1 is 1.36 bits per heavy atom. The quantitative estimate of drug-likeness (QED) is 0.372. The summed E-state index contributed by atoms with van der Waals surface area (Å²) in [5.74, 6) is -1.79. The van der Waals surface area contributed by atoms with E-state index in [2.05, 4.69) is 15.5 Å². The van der Waals surface area contributed by atoms with Gasteiger partial charge in [0, 0.05) is 25.0 Å². The van der Waals surface area contributed by atoms with Gasteiger partial charge >= 0.3 is 5.97 Å². The van der Waals surface area contributed by atoms with Crippen LogP contribution in [0.1, 0.15) is 18.4 Å². The molecule has 0 radical (unpaired) electrons. The van der Waals surface area contributed by atoms with Crippen molar-refractivity contribution >= 4 is 69.9 Å². The van der Waals surface area contributed by atoms with Gasteiger partial charge in [-0.1, -0.05) is 35.2 Å². The molecule has 36 heavy (non-hydrogen) atoms. The monoisotopic (exact) mass is 546 g/mol. The molecule has 3 amide bonds. The first-order valence-corrected chi connectivity index (χ1v) is 13.7. The number of thioether (sulfide) groups is 2. The van der Waals surface area contributed by atoms with Crippen molar-refractivity contribution in [3.05, 3.63) is 29.3 Å². The molecule has 0 spiro atoms. The highest BCUT2D eigenvalue weighted by molar-refractivity contribution is 8.01. The molecule has 0 bridgehead atoms. The number of aryl methyl sites for hydroxylation is 1. The van der Waals surface area contributed by atoms with Gasteiger partial charge in [-0.25, -0.2) is 0 Å². The van der Waals surface area contributed by atoms with Gasteiger partial charge in [-0.15, -0.1) is 22.0 Å². The van der Waals surface area contributed by atoms with Crippen LogP contribution in [0.3, 0.4) is 0 Å². The van der Waals surface area contributed by atoms with E-state index in [-0.39, 0.29) is 30.4 Å². The molecule has 14 heteroatoms. The van der Waals surface area contributed by atoms with E-state index in [0.29, 0.717) is 15.7 Å². The Morgan fingerprint density at radius 2 is 2.11 bits per heavy atom. The number of hydrogen-bond acceptors (Lipinski definition) is 10. The van der Waals surface area contributed by atoms with Crippen LogP contribution in [0.2, 0.25) is 0 Å². The highest BCUT2D eigenvalue weighted by Crippen LogP contribution is 2.47. The number of anilines is 2. The van der Waals surface area contributed by atoms with Crippen molar-refractivity contribution in [3.8, 4) is 6.07 Å². The number of hydrogen-bond donors (Lipinski definition) is 2. The summed E-state index contributed by atoms with van der Waals surface area (Å²) in [4.78, 5) is 53.2. The highest BCUT2D eigenvalue weighted by Gasteiger charge is 2.59. The number of carboxylic acid groups (broad SMARTS) is 1. The SMILES string of the molecule is CC(=O)N(c1ccccc1NC(=O)CC#N)C1C(=O)N2CC(CSc3nnc(C)s3)(C(=O)O)CS[C@H]12. The van der Waals surface area contributed by atoms with Gasteiger partial charge in [-0.05, 0) is 19.1 Å². The second-order valence-corrected chi connectivity index (χ2v) is 11.9. The minimum absolute atomic E-state index is 0.0203. The zero-order valence-corrected chi connectivity index (χ0v) is 21.8. The van der Waals surface area contributed by atoms with Crippen molar-refractivity contribution in [1.29, 1.82) is 5.26 Å². The summed E-state index contributed by atoms with van der Waals surface area (Å²) in [6.45, 7) is 3.18. The van der Waals surface area contributed by atoms with E-state index in [1.54, 1.807) is 30.3 Å². The van der Waals surface area contributed by atoms with Crippen LogP contribution in [-0.4, -0.2) is 73.4 Å². The second-order valence-electron chi connectivity index (χ2n) is 8.36. The van der Waals surface area contributed by atoms with Gasteiger partial charge in [0.25, 0.3) is 0 Å². The summed E-state index contributed by atoms with van der Waals surface area (Å²) in [5, 5.41) is 29.8. The molecule has 2 saturated heterocycles. The van der Waals surface area contributed by atoms with Crippen molar-refractivity contribution < 1.29 is 24.3 Å². The van der Waals surface area contributed by atoms with Gasteiger partial charge in [0.05, 0.1) is 17.4 Å². The lowest BCUT2D eigenvalue weighted by atomic mass is 9.89. The molecule has 1 aromatic carbocycles. The number of amides is 3. The summed E-state index contributed by atoms with van der Waals surface area (Å²) < 4.78 is 0.672. The topological polar surface area (TPSA) is 157 Å². The van der Waals surface area contributed by atoms with Gasteiger partial charge in [0.1, 0.15) is 28.3 Å². The first kappa shape index (κ1) is 25.9. The number of carbonyl (C=O) groups excluding carboxylic acids is 3. The molecular weight excluding hydrogens is 524 g/mol.